The standard InChI is InChI=1S/C20H14Cl2N2S/c1-13-19-17(12-25-18(19)10-11-23-13)24(14-6-3-2-4-7-14)16-9-5-8-15(21)20(16)22/h2-12H,1H3/i1D3. The van der Waals surface area contributed by atoms with E-state index in [4.69, 9.17) is 27.3 Å². The first-order chi connectivity index (χ1) is 13.4. The summed E-state index contributed by atoms with van der Waals surface area (Å²) in [6.45, 7) is -2.34. The minimum Gasteiger partial charge on any atom is -0.307 e. The Bertz CT molecular complexity index is 1140. The van der Waals surface area contributed by atoms with Crippen molar-refractivity contribution in [1.29, 1.82) is 0 Å². The van der Waals surface area contributed by atoms with Crippen molar-refractivity contribution in [1.82, 2.24) is 4.98 Å². The summed E-state index contributed by atoms with van der Waals surface area (Å²) in [6, 6.07) is 16.8. The summed E-state index contributed by atoms with van der Waals surface area (Å²) in [5, 5.41) is 3.33. The zero-order valence-electron chi connectivity index (χ0n) is 15.9. The lowest BCUT2D eigenvalue weighted by molar-refractivity contribution is 1.23. The number of aryl methyl sites for hydroxylation is 1. The Kier molecular flexibility index (Phi) is 3.52. The Morgan fingerprint density at radius 2 is 1.84 bits per heavy atom. The van der Waals surface area contributed by atoms with E-state index < -0.39 is 6.85 Å². The average molecular weight is 388 g/mol. The predicted octanol–water partition coefficient (Wildman–Crippen LogP) is 7.38. The molecule has 0 fully saturated rings. The Hall–Kier alpha value is -2.07. The first kappa shape index (κ1) is 13.2. The van der Waals surface area contributed by atoms with E-state index in [2.05, 4.69) is 4.98 Å². The number of halogens is 2. The molecule has 4 aromatic rings. The molecule has 2 heterocycles. The summed E-state index contributed by atoms with van der Waals surface area (Å²) < 4.78 is 24.6. The molecule has 0 aliphatic rings. The molecule has 2 nitrogen and oxygen atoms in total. The lowest BCUT2D eigenvalue weighted by Gasteiger charge is -2.26. The molecule has 25 heavy (non-hydrogen) atoms. The largest absolute Gasteiger partial charge is 0.307 e. The van der Waals surface area contributed by atoms with Crippen LogP contribution in [0.1, 0.15) is 9.81 Å². The summed E-state index contributed by atoms with van der Waals surface area (Å²) in [5.74, 6) is 0. The lowest BCUT2D eigenvalue weighted by atomic mass is 10.1. The number of pyridine rings is 1. The molecule has 2 aromatic heterocycles. The van der Waals surface area contributed by atoms with Gasteiger partial charge in [-0.1, -0.05) is 47.5 Å². The number of hydrogen-bond donors (Lipinski definition) is 0. The average Bonchev–Trinajstić information content (AvgIpc) is 3.09. The number of aromatic nitrogens is 1. The molecular weight excluding hydrogens is 371 g/mol. The molecule has 0 aliphatic heterocycles. The van der Waals surface area contributed by atoms with Crippen LogP contribution in [0.15, 0.2) is 66.2 Å². The highest BCUT2D eigenvalue weighted by atomic mass is 35.5. The first-order valence-electron chi connectivity index (χ1n) is 9.04. The van der Waals surface area contributed by atoms with Gasteiger partial charge in [0.1, 0.15) is 0 Å². The van der Waals surface area contributed by atoms with Gasteiger partial charge in [0.15, 0.2) is 0 Å². The predicted molar refractivity (Wildman–Crippen MR) is 109 cm³/mol. The van der Waals surface area contributed by atoms with Gasteiger partial charge < -0.3 is 4.90 Å². The highest BCUT2D eigenvalue weighted by Crippen LogP contribution is 2.45. The summed E-state index contributed by atoms with van der Waals surface area (Å²) in [6.07, 6.45) is 1.53. The molecular formula is C20H14Cl2N2S. The molecule has 0 spiro atoms. The molecule has 2 aromatic carbocycles. The van der Waals surface area contributed by atoms with Gasteiger partial charge in [0, 0.05) is 37.2 Å². The molecule has 0 unspecified atom stereocenters. The molecule has 0 aliphatic carbocycles. The van der Waals surface area contributed by atoms with Gasteiger partial charge in [-0.3, -0.25) is 4.98 Å². The lowest BCUT2D eigenvalue weighted by Crippen LogP contribution is -2.10. The quantitative estimate of drug-likeness (QED) is 0.364. The van der Waals surface area contributed by atoms with Crippen molar-refractivity contribution in [3.63, 3.8) is 0 Å². The molecule has 0 saturated carbocycles. The van der Waals surface area contributed by atoms with Crippen molar-refractivity contribution in [3.05, 3.63) is 81.9 Å². The number of thiophene rings is 1. The summed E-state index contributed by atoms with van der Waals surface area (Å²) >= 11 is 14.3. The highest BCUT2D eigenvalue weighted by molar-refractivity contribution is 7.17. The van der Waals surface area contributed by atoms with Crippen LogP contribution in [-0.4, -0.2) is 4.98 Å². The number of anilines is 3. The topological polar surface area (TPSA) is 16.1 Å². The number of benzene rings is 2. The molecule has 0 N–H and O–H groups in total. The van der Waals surface area contributed by atoms with E-state index in [-0.39, 0.29) is 5.69 Å². The monoisotopic (exact) mass is 387 g/mol. The molecule has 4 rings (SSSR count). The maximum atomic E-state index is 7.93. The van der Waals surface area contributed by atoms with Crippen LogP contribution >= 0.6 is 34.5 Å². The first-order valence-corrected chi connectivity index (χ1v) is 9.17. The van der Waals surface area contributed by atoms with E-state index in [1.165, 1.54) is 17.5 Å². The van der Waals surface area contributed by atoms with E-state index in [0.717, 1.165) is 10.4 Å². The molecule has 0 bridgehead atoms. The van der Waals surface area contributed by atoms with E-state index in [0.29, 0.717) is 26.8 Å². The van der Waals surface area contributed by atoms with Crippen molar-refractivity contribution in [2.45, 2.75) is 6.85 Å². The van der Waals surface area contributed by atoms with E-state index in [1.54, 1.807) is 6.07 Å². The zero-order chi connectivity index (χ0) is 19.9. The fourth-order valence-electron chi connectivity index (χ4n) is 2.78. The Morgan fingerprint density at radius 3 is 2.64 bits per heavy atom. The van der Waals surface area contributed by atoms with Crippen LogP contribution < -0.4 is 4.90 Å². The van der Waals surface area contributed by atoms with Crippen molar-refractivity contribution in [2.24, 2.45) is 0 Å². The molecule has 0 atom stereocenters. The van der Waals surface area contributed by atoms with Crippen LogP contribution in [0.4, 0.5) is 17.1 Å². The SMILES string of the molecule is [2H]C([2H])([2H])c1nccc2scc(N(c3ccccc3)c3cccc(Cl)c3Cl)c12. The van der Waals surface area contributed by atoms with E-state index in [9.17, 15) is 0 Å². The Balaban J connectivity index is 2.06. The van der Waals surface area contributed by atoms with Crippen LogP contribution in [0.2, 0.25) is 10.0 Å². The molecule has 5 heteroatoms. The molecule has 0 amide bonds. The van der Waals surface area contributed by atoms with Crippen molar-refractivity contribution >= 4 is 61.7 Å². The van der Waals surface area contributed by atoms with Gasteiger partial charge in [-0.15, -0.1) is 11.3 Å². The number of para-hydroxylation sites is 1. The maximum Gasteiger partial charge on any atom is 0.0832 e. The fraction of sp³-hybridized carbons (Fsp3) is 0.0500. The van der Waals surface area contributed by atoms with Crippen LogP contribution in [0.25, 0.3) is 10.1 Å². The van der Waals surface area contributed by atoms with Crippen LogP contribution in [-0.2, 0) is 0 Å². The normalized spacial score (nSPS) is 13.3. The number of nitrogens with zero attached hydrogens (tertiary/aromatic N) is 2. The van der Waals surface area contributed by atoms with Gasteiger partial charge in [0.05, 0.1) is 21.4 Å². The number of rotatable bonds is 3. The van der Waals surface area contributed by atoms with Crippen molar-refractivity contribution in [3.8, 4) is 0 Å². The summed E-state index contributed by atoms with van der Waals surface area (Å²) in [4.78, 5) is 6.10. The Labute approximate surface area is 164 Å². The number of hydrogen-bond acceptors (Lipinski definition) is 3. The second-order valence-electron chi connectivity index (χ2n) is 5.40. The second-order valence-corrected chi connectivity index (χ2v) is 7.09. The van der Waals surface area contributed by atoms with Gasteiger partial charge in [-0.2, -0.15) is 0 Å². The highest BCUT2D eigenvalue weighted by Gasteiger charge is 2.20. The van der Waals surface area contributed by atoms with E-state index >= 15 is 0 Å². The van der Waals surface area contributed by atoms with Crippen molar-refractivity contribution < 1.29 is 4.11 Å². The number of fused-ring (bicyclic) bond motifs is 1. The van der Waals surface area contributed by atoms with Crippen LogP contribution in [0.5, 0.6) is 0 Å². The third-order valence-corrected chi connectivity index (χ3v) is 5.64. The molecule has 0 radical (unpaired) electrons. The Morgan fingerprint density at radius 1 is 1.00 bits per heavy atom. The third-order valence-electron chi connectivity index (χ3n) is 3.89. The summed E-state index contributed by atoms with van der Waals surface area (Å²) in [7, 11) is 0. The van der Waals surface area contributed by atoms with Gasteiger partial charge >= 0.3 is 0 Å². The zero-order valence-corrected chi connectivity index (χ0v) is 15.2. The van der Waals surface area contributed by atoms with Gasteiger partial charge in [0.25, 0.3) is 0 Å². The minimum absolute atomic E-state index is 0.0698. The smallest absolute Gasteiger partial charge is 0.0832 e. The van der Waals surface area contributed by atoms with E-state index in [1.807, 2.05) is 58.8 Å². The third kappa shape index (κ3) is 2.89. The fourth-order valence-corrected chi connectivity index (χ4v) is 4.08. The second kappa shape index (κ2) is 6.68. The van der Waals surface area contributed by atoms with Crippen LogP contribution in [0.3, 0.4) is 0 Å². The van der Waals surface area contributed by atoms with Gasteiger partial charge in [-0.05, 0) is 37.2 Å². The van der Waals surface area contributed by atoms with Crippen LogP contribution in [0, 0.1) is 6.85 Å². The van der Waals surface area contributed by atoms with Crippen molar-refractivity contribution in [2.75, 3.05) is 4.90 Å². The van der Waals surface area contributed by atoms with Gasteiger partial charge in [0.2, 0.25) is 0 Å². The molecule has 124 valence electrons. The summed E-state index contributed by atoms with van der Waals surface area (Å²) in [5.41, 5.74) is 2.28. The minimum atomic E-state index is -2.34. The molecule has 0 saturated heterocycles. The van der Waals surface area contributed by atoms with Gasteiger partial charge in [-0.25, -0.2) is 0 Å². The maximum absolute atomic E-state index is 7.93.